The van der Waals surface area contributed by atoms with E-state index < -0.39 is 5.54 Å². The van der Waals surface area contributed by atoms with Gasteiger partial charge in [-0.1, -0.05) is 49.6 Å². The van der Waals surface area contributed by atoms with Crippen molar-refractivity contribution in [2.24, 2.45) is 5.92 Å². The van der Waals surface area contributed by atoms with Gasteiger partial charge in [0.2, 0.25) is 5.91 Å². The van der Waals surface area contributed by atoms with E-state index in [-0.39, 0.29) is 5.91 Å². The Morgan fingerprint density at radius 1 is 1.28 bits per heavy atom. The molecule has 1 atom stereocenters. The van der Waals surface area contributed by atoms with Crippen LogP contribution in [0.25, 0.3) is 0 Å². The lowest BCUT2D eigenvalue weighted by molar-refractivity contribution is -0.124. The summed E-state index contributed by atoms with van der Waals surface area (Å²) in [6, 6.07) is 13.1. The highest BCUT2D eigenvalue weighted by Gasteiger charge is 2.36. The molecule has 2 aliphatic carbocycles. The molecule has 2 fully saturated rings. The van der Waals surface area contributed by atoms with Crippen LogP contribution in [0.5, 0.6) is 0 Å². The fraction of sp³-hybridized carbons (Fsp3) is 0.619. The summed E-state index contributed by atoms with van der Waals surface area (Å²) in [6.07, 6.45) is 7.31. The first kappa shape index (κ1) is 17.9. The average molecular weight is 339 g/mol. The number of benzene rings is 1. The summed E-state index contributed by atoms with van der Waals surface area (Å²) < 4.78 is 0. The maximum absolute atomic E-state index is 12.7. The van der Waals surface area contributed by atoms with Crippen LogP contribution >= 0.6 is 0 Å². The number of hydrogen-bond donors (Lipinski definition) is 1. The minimum Gasteiger partial charge on any atom is -0.337 e. The molecule has 134 valence electrons. The van der Waals surface area contributed by atoms with Gasteiger partial charge < -0.3 is 5.32 Å². The van der Waals surface area contributed by atoms with Crippen molar-refractivity contribution in [1.29, 1.82) is 5.26 Å². The minimum absolute atomic E-state index is 0.00752. The maximum Gasteiger partial charge on any atom is 0.235 e. The van der Waals surface area contributed by atoms with Crippen molar-refractivity contribution in [3.8, 4) is 6.07 Å². The van der Waals surface area contributed by atoms with Crippen molar-refractivity contribution in [2.75, 3.05) is 6.54 Å². The van der Waals surface area contributed by atoms with Crippen LogP contribution in [0.1, 0.15) is 57.4 Å². The maximum atomic E-state index is 12.7. The molecule has 1 N–H and O–H groups in total. The molecular formula is C21H29N3O. The molecule has 2 aliphatic rings. The van der Waals surface area contributed by atoms with E-state index in [1.807, 2.05) is 18.2 Å². The summed E-state index contributed by atoms with van der Waals surface area (Å²) in [4.78, 5) is 15.0. The van der Waals surface area contributed by atoms with Gasteiger partial charge in [0.05, 0.1) is 12.6 Å². The molecule has 0 bridgehead atoms. The molecular weight excluding hydrogens is 310 g/mol. The molecule has 0 heterocycles. The van der Waals surface area contributed by atoms with Gasteiger partial charge >= 0.3 is 0 Å². The normalized spacial score (nSPS) is 20.7. The molecule has 1 unspecified atom stereocenters. The highest BCUT2D eigenvalue weighted by Crippen LogP contribution is 2.35. The van der Waals surface area contributed by atoms with Crippen LogP contribution in [0.4, 0.5) is 0 Å². The number of nitrogens with one attached hydrogen (secondary N) is 1. The van der Waals surface area contributed by atoms with E-state index in [9.17, 15) is 10.1 Å². The summed E-state index contributed by atoms with van der Waals surface area (Å²) in [5, 5.41) is 12.7. The first-order chi connectivity index (χ1) is 12.1. The Bertz CT molecular complexity index is 612. The molecule has 0 spiro atoms. The van der Waals surface area contributed by atoms with Gasteiger partial charge in [-0.2, -0.15) is 5.26 Å². The Balaban J connectivity index is 1.64. The van der Waals surface area contributed by atoms with Gasteiger partial charge in [0, 0.05) is 12.6 Å². The summed E-state index contributed by atoms with van der Waals surface area (Å²) >= 11 is 0. The standard InChI is InChI=1S/C21H29N3O/c1-17(19-10-11-19)24(14-18-8-4-2-5-9-18)15-20(25)23-21(16-22)12-6-3-7-13-21/h2,4-5,8-9,17,19H,3,6-7,10-15H2,1H3,(H,23,25). The molecule has 4 heteroatoms. The fourth-order valence-electron chi connectivity index (χ4n) is 3.95. The van der Waals surface area contributed by atoms with Crippen LogP contribution in [0.3, 0.4) is 0 Å². The van der Waals surface area contributed by atoms with Crippen LogP contribution < -0.4 is 5.32 Å². The van der Waals surface area contributed by atoms with Crippen molar-refractivity contribution in [1.82, 2.24) is 10.2 Å². The Morgan fingerprint density at radius 2 is 1.96 bits per heavy atom. The lowest BCUT2D eigenvalue weighted by Gasteiger charge is -2.34. The van der Waals surface area contributed by atoms with Crippen LogP contribution in [-0.4, -0.2) is 28.9 Å². The third kappa shape index (κ3) is 4.83. The second kappa shape index (κ2) is 8.01. The van der Waals surface area contributed by atoms with E-state index in [4.69, 9.17) is 0 Å². The molecule has 0 aromatic heterocycles. The molecule has 2 saturated carbocycles. The fourth-order valence-corrected chi connectivity index (χ4v) is 3.95. The molecule has 1 aromatic rings. The molecule has 0 radical (unpaired) electrons. The quantitative estimate of drug-likeness (QED) is 0.825. The number of nitrogens with zero attached hydrogens (tertiary/aromatic N) is 2. The minimum atomic E-state index is -0.642. The van der Waals surface area contributed by atoms with E-state index in [1.54, 1.807) is 0 Å². The van der Waals surface area contributed by atoms with E-state index >= 15 is 0 Å². The molecule has 25 heavy (non-hydrogen) atoms. The SMILES string of the molecule is CC(C1CC1)N(CC(=O)NC1(C#N)CCCCC1)Cc1ccccc1. The Hall–Kier alpha value is -1.86. The van der Waals surface area contributed by atoms with Crippen LogP contribution in [-0.2, 0) is 11.3 Å². The average Bonchev–Trinajstić information content (AvgIpc) is 3.47. The first-order valence-corrected chi connectivity index (χ1v) is 9.62. The van der Waals surface area contributed by atoms with Crippen LogP contribution in [0.2, 0.25) is 0 Å². The lowest BCUT2D eigenvalue weighted by Crippen LogP contribution is -2.52. The van der Waals surface area contributed by atoms with Crippen molar-refractivity contribution < 1.29 is 4.79 Å². The van der Waals surface area contributed by atoms with Gasteiger partial charge in [0.25, 0.3) is 0 Å². The monoisotopic (exact) mass is 339 g/mol. The molecule has 1 amide bonds. The smallest absolute Gasteiger partial charge is 0.235 e. The number of carbonyl (C=O) groups excluding carboxylic acids is 1. The summed E-state index contributed by atoms with van der Waals surface area (Å²) in [7, 11) is 0. The van der Waals surface area contributed by atoms with Crippen LogP contribution in [0.15, 0.2) is 30.3 Å². The topological polar surface area (TPSA) is 56.1 Å². The third-order valence-electron chi connectivity index (χ3n) is 5.76. The van der Waals surface area contributed by atoms with Crippen molar-refractivity contribution in [2.45, 2.75) is 70.0 Å². The number of carbonyl (C=O) groups is 1. The van der Waals surface area contributed by atoms with Crippen molar-refractivity contribution >= 4 is 5.91 Å². The summed E-state index contributed by atoms with van der Waals surface area (Å²) in [5.41, 5.74) is 0.590. The Labute approximate surface area is 151 Å². The van der Waals surface area contributed by atoms with Crippen molar-refractivity contribution in [3.05, 3.63) is 35.9 Å². The van der Waals surface area contributed by atoms with Gasteiger partial charge in [-0.15, -0.1) is 0 Å². The van der Waals surface area contributed by atoms with Gasteiger partial charge in [0.1, 0.15) is 5.54 Å². The number of nitriles is 1. The van der Waals surface area contributed by atoms with E-state index in [0.717, 1.165) is 38.6 Å². The molecule has 4 nitrogen and oxygen atoms in total. The summed E-state index contributed by atoms with van der Waals surface area (Å²) in [5.74, 6) is 0.697. The van der Waals surface area contributed by atoms with E-state index in [2.05, 4.69) is 35.3 Å². The van der Waals surface area contributed by atoms with Gasteiger partial charge in [0.15, 0.2) is 0 Å². The predicted molar refractivity (Wildman–Crippen MR) is 98.6 cm³/mol. The molecule has 3 rings (SSSR count). The van der Waals surface area contributed by atoms with Gasteiger partial charge in [-0.05, 0) is 44.1 Å². The highest BCUT2D eigenvalue weighted by atomic mass is 16.2. The second-order valence-electron chi connectivity index (χ2n) is 7.77. The largest absolute Gasteiger partial charge is 0.337 e. The summed E-state index contributed by atoms with van der Waals surface area (Å²) in [6.45, 7) is 3.38. The highest BCUT2D eigenvalue weighted by molar-refractivity contribution is 5.79. The molecule has 1 aromatic carbocycles. The van der Waals surface area contributed by atoms with Gasteiger partial charge in [-0.3, -0.25) is 9.69 Å². The Kier molecular flexibility index (Phi) is 5.75. The van der Waals surface area contributed by atoms with Gasteiger partial charge in [-0.25, -0.2) is 0 Å². The Morgan fingerprint density at radius 3 is 2.56 bits per heavy atom. The number of hydrogen-bond acceptors (Lipinski definition) is 3. The number of amides is 1. The van der Waals surface area contributed by atoms with E-state index in [0.29, 0.717) is 18.5 Å². The molecule has 0 saturated heterocycles. The van der Waals surface area contributed by atoms with Crippen molar-refractivity contribution in [3.63, 3.8) is 0 Å². The molecule has 0 aliphatic heterocycles. The zero-order chi connectivity index (χ0) is 17.7. The zero-order valence-corrected chi connectivity index (χ0v) is 15.2. The van der Waals surface area contributed by atoms with Crippen LogP contribution in [0, 0.1) is 17.2 Å². The zero-order valence-electron chi connectivity index (χ0n) is 15.2. The number of rotatable bonds is 7. The third-order valence-corrected chi connectivity index (χ3v) is 5.76. The van der Waals surface area contributed by atoms with E-state index in [1.165, 1.54) is 18.4 Å². The second-order valence-corrected chi connectivity index (χ2v) is 7.77. The first-order valence-electron chi connectivity index (χ1n) is 9.62. The predicted octanol–water partition coefficient (Wildman–Crippen LogP) is 3.63. The lowest BCUT2D eigenvalue weighted by atomic mass is 9.83.